The van der Waals surface area contributed by atoms with Crippen molar-refractivity contribution in [3.8, 4) is 0 Å². The first kappa shape index (κ1) is 24.1. The van der Waals surface area contributed by atoms with E-state index in [0.29, 0.717) is 5.69 Å². The molecule has 0 bridgehead atoms. The zero-order chi connectivity index (χ0) is 23.2. The number of nitrogens with one attached hydrogen (secondary N) is 2. The third-order valence-electron chi connectivity index (χ3n) is 4.92. The first-order chi connectivity index (χ1) is 14.5. The fraction of sp³-hybridized carbons (Fsp3) is 0.400. The molecule has 2 rings (SSSR count). The Morgan fingerprint density at radius 3 is 2.06 bits per heavy atom. The molecule has 6 heteroatoms. The molecule has 31 heavy (non-hydrogen) atoms. The molecule has 0 aliphatic rings. The van der Waals surface area contributed by atoms with Crippen LogP contribution in [-0.2, 0) is 24.5 Å². The number of rotatable bonds is 7. The number of carbonyl (C=O) groups is 3. The van der Waals surface area contributed by atoms with Crippen molar-refractivity contribution in [2.75, 3.05) is 5.32 Å². The maximum absolute atomic E-state index is 12.4. The monoisotopic (exact) mass is 424 g/mol. The van der Waals surface area contributed by atoms with E-state index >= 15 is 0 Å². The van der Waals surface area contributed by atoms with Gasteiger partial charge in [0.25, 0.3) is 5.91 Å². The van der Waals surface area contributed by atoms with Crippen LogP contribution in [-0.4, -0.2) is 23.9 Å². The zero-order valence-electron chi connectivity index (χ0n) is 19.1. The molecule has 0 heterocycles. The molecular formula is C25H32N2O4. The fourth-order valence-corrected chi connectivity index (χ4v) is 3.06. The van der Waals surface area contributed by atoms with Crippen LogP contribution >= 0.6 is 0 Å². The summed E-state index contributed by atoms with van der Waals surface area (Å²) in [6.45, 7) is 11.2. The summed E-state index contributed by atoms with van der Waals surface area (Å²) in [6.07, 6.45) is -1.04. The minimum atomic E-state index is -0.967. The molecule has 0 aliphatic heterocycles. The average Bonchev–Trinajstić information content (AvgIpc) is 2.67. The highest BCUT2D eigenvalue weighted by Crippen LogP contribution is 2.24. The molecule has 2 aromatic carbocycles. The number of carbonyl (C=O) groups excluding carboxylic acids is 3. The van der Waals surface area contributed by atoms with E-state index in [1.54, 1.807) is 0 Å². The van der Waals surface area contributed by atoms with Gasteiger partial charge < -0.3 is 15.4 Å². The molecular weight excluding hydrogens is 392 g/mol. The number of anilines is 1. The van der Waals surface area contributed by atoms with E-state index in [-0.39, 0.29) is 17.7 Å². The van der Waals surface area contributed by atoms with Gasteiger partial charge in [0, 0.05) is 12.6 Å². The second-order valence-corrected chi connectivity index (χ2v) is 8.82. The normalized spacial score (nSPS) is 13.1. The Labute approximate surface area is 184 Å². The fourth-order valence-electron chi connectivity index (χ4n) is 3.06. The van der Waals surface area contributed by atoms with Crippen LogP contribution in [0.15, 0.2) is 48.5 Å². The van der Waals surface area contributed by atoms with Crippen LogP contribution in [0.5, 0.6) is 0 Å². The van der Waals surface area contributed by atoms with Crippen LogP contribution in [0.25, 0.3) is 0 Å². The van der Waals surface area contributed by atoms with Gasteiger partial charge in [-0.1, -0.05) is 62.7 Å². The molecule has 2 amide bonds. The van der Waals surface area contributed by atoms with Gasteiger partial charge in [0.1, 0.15) is 0 Å². The molecule has 2 unspecified atom stereocenters. The number of hydrogen-bond donors (Lipinski definition) is 2. The average molecular weight is 425 g/mol. The van der Waals surface area contributed by atoms with Gasteiger partial charge >= 0.3 is 5.97 Å². The molecule has 2 aromatic rings. The van der Waals surface area contributed by atoms with Gasteiger partial charge in [-0.25, -0.2) is 0 Å². The van der Waals surface area contributed by atoms with E-state index in [4.69, 9.17) is 4.74 Å². The number of benzene rings is 2. The highest BCUT2D eigenvalue weighted by molar-refractivity contribution is 5.95. The summed E-state index contributed by atoms with van der Waals surface area (Å²) in [6, 6.07) is 14.6. The van der Waals surface area contributed by atoms with E-state index in [1.807, 2.05) is 55.5 Å². The van der Waals surface area contributed by atoms with E-state index in [1.165, 1.54) is 13.8 Å². The van der Waals surface area contributed by atoms with Gasteiger partial charge in [0.2, 0.25) is 5.91 Å². The summed E-state index contributed by atoms with van der Waals surface area (Å²) in [5.41, 5.74) is 3.69. The zero-order valence-corrected chi connectivity index (χ0v) is 19.1. The predicted octanol–water partition coefficient (Wildman–Crippen LogP) is 4.43. The van der Waals surface area contributed by atoms with Crippen molar-refractivity contribution in [3.05, 3.63) is 65.2 Å². The topological polar surface area (TPSA) is 84.5 Å². The Hall–Kier alpha value is -3.15. The first-order valence-electron chi connectivity index (χ1n) is 10.4. The number of hydrogen-bond acceptors (Lipinski definition) is 4. The van der Waals surface area contributed by atoms with Gasteiger partial charge in [0.05, 0.1) is 12.5 Å². The molecule has 0 fully saturated rings. The smallest absolute Gasteiger partial charge is 0.309 e. The van der Waals surface area contributed by atoms with E-state index in [0.717, 1.165) is 16.7 Å². The maximum Gasteiger partial charge on any atom is 0.309 e. The number of aryl methyl sites for hydroxylation is 1. The van der Waals surface area contributed by atoms with Crippen LogP contribution in [0.2, 0.25) is 0 Å². The highest BCUT2D eigenvalue weighted by atomic mass is 16.5. The lowest BCUT2D eigenvalue weighted by atomic mass is 9.87. The van der Waals surface area contributed by atoms with Crippen molar-refractivity contribution < 1.29 is 19.1 Å². The quantitative estimate of drug-likeness (QED) is 0.644. The molecule has 0 saturated heterocycles. The minimum Gasteiger partial charge on any atom is -0.452 e. The standard InChI is InChI=1S/C25H32N2O4/c1-16-7-9-19(10-8-16)22(26-18(3)28)15-23(29)31-17(2)24(30)27-21-13-11-20(12-14-21)25(4,5)6/h7-14,17,22H,15H2,1-6H3,(H,26,28)(H,27,30). The van der Waals surface area contributed by atoms with Crippen LogP contribution in [0, 0.1) is 6.92 Å². The minimum absolute atomic E-state index is 0.0211. The Balaban J connectivity index is 1.96. The summed E-state index contributed by atoms with van der Waals surface area (Å²) < 4.78 is 5.32. The van der Waals surface area contributed by atoms with Gasteiger partial charge in [-0.15, -0.1) is 0 Å². The van der Waals surface area contributed by atoms with Crippen molar-refractivity contribution in [3.63, 3.8) is 0 Å². The third-order valence-corrected chi connectivity index (χ3v) is 4.92. The van der Waals surface area contributed by atoms with Crippen molar-refractivity contribution in [1.29, 1.82) is 0 Å². The summed E-state index contributed by atoms with van der Waals surface area (Å²) in [4.78, 5) is 36.5. The van der Waals surface area contributed by atoms with E-state index < -0.39 is 24.0 Å². The first-order valence-corrected chi connectivity index (χ1v) is 10.4. The van der Waals surface area contributed by atoms with Crippen LogP contribution in [0.4, 0.5) is 5.69 Å². The Morgan fingerprint density at radius 2 is 1.55 bits per heavy atom. The van der Waals surface area contributed by atoms with Gasteiger partial charge in [0.15, 0.2) is 6.10 Å². The second-order valence-electron chi connectivity index (χ2n) is 8.82. The van der Waals surface area contributed by atoms with Gasteiger partial charge in [-0.2, -0.15) is 0 Å². The SMILES string of the molecule is CC(=O)NC(CC(=O)OC(C)C(=O)Nc1ccc(C(C)(C)C)cc1)c1ccc(C)cc1. The highest BCUT2D eigenvalue weighted by Gasteiger charge is 2.23. The molecule has 0 saturated carbocycles. The third kappa shape index (κ3) is 7.55. The predicted molar refractivity (Wildman–Crippen MR) is 122 cm³/mol. The summed E-state index contributed by atoms with van der Waals surface area (Å²) >= 11 is 0. The Bertz CT molecular complexity index is 912. The van der Waals surface area contributed by atoms with Crippen LogP contribution < -0.4 is 10.6 Å². The second kappa shape index (κ2) is 10.2. The summed E-state index contributed by atoms with van der Waals surface area (Å²) in [5.74, 6) is -1.23. The molecule has 2 N–H and O–H groups in total. The van der Waals surface area contributed by atoms with Crippen molar-refractivity contribution in [2.24, 2.45) is 0 Å². The number of amides is 2. The van der Waals surface area contributed by atoms with Crippen LogP contribution in [0.3, 0.4) is 0 Å². The molecule has 166 valence electrons. The van der Waals surface area contributed by atoms with Crippen molar-refractivity contribution >= 4 is 23.5 Å². The largest absolute Gasteiger partial charge is 0.452 e. The van der Waals surface area contributed by atoms with Crippen molar-refractivity contribution in [1.82, 2.24) is 5.32 Å². The summed E-state index contributed by atoms with van der Waals surface area (Å²) in [5, 5.41) is 5.53. The molecule has 0 radical (unpaired) electrons. The Morgan fingerprint density at radius 1 is 0.968 bits per heavy atom. The van der Waals surface area contributed by atoms with Gasteiger partial charge in [-0.3, -0.25) is 14.4 Å². The van der Waals surface area contributed by atoms with E-state index in [2.05, 4.69) is 31.4 Å². The Kier molecular flexibility index (Phi) is 7.97. The maximum atomic E-state index is 12.4. The molecule has 6 nitrogen and oxygen atoms in total. The lowest BCUT2D eigenvalue weighted by Gasteiger charge is -2.20. The van der Waals surface area contributed by atoms with Gasteiger partial charge in [-0.05, 0) is 42.5 Å². The lowest BCUT2D eigenvalue weighted by Crippen LogP contribution is -2.33. The summed E-state index contributed by atoms with van der Waals surface area (Å²) in [7, 11) is 0. The molecule has 0 aromatic heterocycles. The lowest BCUT2D eigenvalue weighted by molar-refractivity contribution is -0.153. The number of esters is 1. The molecule has 0 aliphatic carbocycles. The molecule has 2 atom stereocenters. The van der Waals surface area contributed by atoms with Crippen molar-refractivity contribution in [2.45, 2.75) is 65.5 Å². The molecule has 0 spiro atoms. The number of ether oxygens (including phenoxy) is 1. The van der Waals surface area contributed by atoms with E-state index in [9.17, 15) is 14.4 Å². The van der Waals surface area contributed by atoms with Crippen LogP contribution in [0.1, 0.15) is 63.8 Å².